The van der Waals surface area contributed by atoms with E-state index in [1.165, 1.54) is 0 Å². The van der Waals surface area contributed by atoms with Crippen LogP contribution in [0.15, 0.2) is 60.0 Å². The molecule has 0 aliphatic heterocycles. The lowest BCUT2D eigenvalue weighted by molar-refractivity contribution is 0.104. The molecule has 32 heavy (non-hydrogen) atoms. The number of aromatic amines is 1. The molecular weight excluding hydrogens is 426 g/mol. The Kier molecular flexibility index (Phi) is 6.57. The summed E-state index contributed by atoms with van der Waals surface area (Å²) in [5.74, 6) is 1.75. The third kappa shape index (κ3) is 4.84. The summed E-state index contributed by atoms with van der Waals surface area (Å²) < 4.78 is 11.0. The van der Waals surface area contributed by atoms with Gasteiger partial charge in [0.1, 0.15) is 11.5 Å². The Bertz CT molecular complexity index is 1200. The molecule has 8 nitrogen and oxygen atoms in total. The van der Waals surface area contributed by atoms with Gasteiger partial charge in [0.25, 0.3) is 0 Å². The smallest absolute Gasteiger partial charge is 0.240 e. The maximum atomic E-state index is 12.7. The fourth-order valence-electron chi connectivity index (χ4n) is 3.15. The molecule has 4 rings (SSSR count). The minimum Gasteiger partial charge on any atom is -0.496 e. The Morgan fingerprint density at radius 2 is 1.94 bits per heavy atom. The summed E-state index contributed by atoms with van der Waals surface area (Å²) in [4.78, 5) is 13.8. The van der Waals surface area contributed by atoms with E-state index in [4.69, 9.17) is 9.47 Å². The molecule has 0 amide bonds. The van der Waals surface area contributed by atoms with E-state index in [1.54, 1.807) is 49.8 Å². The highest BCUT2D eigenvalue weighted by Gasteiger charge is 2.13. The van der Waals surface area contributed by atoms with Crippen LogP contribution in [0.3, 0.4) is 0 Å². The van der Waals surface area contributed by atoms with Crippen LogP contribution in [-0.4, -0.2) is 40.6 Å². The summed E-state index contributed by atoms with van der Waals surface area (Å²) in [7, 11) is 3.23. The summed E-state index contributed by atoms with van der Waals surface area (Å²) in [5.41, 5.74) is 3.34. The SMILES string of the molecule is COc1cc(OC)c(-c2cccs2)cc1/C=C/C(=O)c1ccc(CNc2nnn[nH]2)cc1. The lowest BCUT2D eigenvalue weighted by Crippen LogP contribution is -2.02. The lowest BCUT2D eigenvalue weighted by Gasteiger charge is -2.12. The average molecular weight is 448 g/mol. The molecule has 0 aliphatic carbocycles. The van der Waals surface area contributed by atoms with Crippen molar-refractivity contribution in [2.24, 2.45) is 0 Å². The number of ether oxygens (including phenoxy) is 2. The number of thiophene rings is 1. The molecule has 0 radical (unpaired) electrons. The Morgan fingerprint density at radius 3 is 2.59 bits per heavy atom. The molecule has 4 aromatic rings. The lowest BCUT2D eigenvalue weighted by atomic mass is 10.0. The number of nitrogens with zero attached hydrogens (tertiary/aromatic N) is 3. The second-order valence-corrected chi connectivity index (χ2v) is 7.72. The van der Waals surface area contributed by atoms with Gasteiger partial charge < -0.3 is 14.8 Å². The van der Waals surface area contributed by atoms with Crippen LogP contribution in [0, 0.1) is 0 Å². The van der Waals surface area contributed by atoms with Crippen molar-refractivity contribution < 1.29 is 14.3 Å². The number of nitrogens with one attached hydrogen (secondary N) is 2. The zero-order valence-electron chi connectivity index (χ0n) is 17.5. The molecule has 0 atom stereocenters. The molecule has 2 N–H and O–H groups in total. The van der Waals surface area contributed by atoms with Crippen molar-refractivity contribution in [2.75, 3.05) is 19.5 Å². The third-order valence-corrected chi connectivity index (χ3v) is 5.70. The number of tetrazole rings is 1. The van der Waals surface area contributed by atoms with Crippen LogP contribution in [0.2, 0.25) is 0 Å². The van der Waals surface area contributed by atoms with Gasteiger partial charge in [-0.1, -0.05) is 35.4 Å². The van der Waals surface area contributed by atoms with Crippen molar-refractivity contribution in [3.63, 3.8) is 0 Å². The van der Waals surface area contributed by atoms with E-state index in [2.05, 4.69) is 25.9 Å². The van der Waals surface area contributed by atoms with Gasteiger partial charge in [-0.05, 0) is 45.7 Å². The molecule has 2 aromatic heterocycles. The Morgan fingerprint density at radius 1 is 1.12 bits per heavy atom. The maximum Gasteiger partial charge on any atom is 0.240 e. The van der Waals surface area contributed by atoms with Gasteiger partial charge in [-0.25, -0.2) is 5.10 Å². The van der Waals surface area contributed by atoms with Crippen LogP contribution in [0.4, 0.5) is 5.95 Å². The molecule has 0 saturated carbocycles. The summed E-state index contributed by atoms with van der Waals surface area (Å²) in [6.07, 6.45) is 3.32. The number of methoxy groups -OCH3 is 2. The number of ketones is 1. The Balaban J connectivity index is 1.50. The Hall–Kier alpha value is -3.98. The van der Waals surface area contributed by atoms with Crippen molar-refractivity contribution in [2.45, 2.75) is 6.54 Å². The van der Waals surface area contributed by atoms with E-state index in [0.717, 1.165) is 27.3 Å². The highest BCUT2D eigenvalue weighted by molar-refractivity contribution is 7.13. The normalized spacial score (nSPS) is 10.9. The number of rotatable bonds is 9. The predicted octanol–water partition coefficient (Wildman–Crippen LogP) is 4.45. The summed E-state index contributed by atoms with van der Waals surface area (Å²) in [6, 6.07) is 15.2. The molecule has 0 bridgehead atoms. The first-order chi connectivity index (χ1) is 15.7. The topological polar surface area (TPSA) is 102 Å². The van der Waals surface area contributed by atoms with Gasteiger partial charge in [0, 0.05) is 34.2 Å². The van der Waals surface area contributed by atoms with Crippen molar-refractivity contribution in [3.05, 3.63) is 76.7 Å². The molecule has 2 aromatic carbocycles. The number of carbonyl (C=O) groups is 1. The number of benzene rings is 2. The van der Waals surface area contributed by atoms with E-state index in [9.17, 15) is 4.79 Å². The molecule has 0 fully saturated rings. The number of hydrogen-bond acceptors (Lipinski definition) is 8. The second kappa shape index (κ2) is 9.88. The van der Waals surface area contributed by atoms with E-state index >= 15 is 0 Å². The zero-order valence-corrected chi connectivity index (χ0v) is 18.3. The minimum atomic E-state index is -0.0977. The fourth-order valence-corrected chi connectivity index (χ4v) is 3.89. The minimum absolute atomic E-state index is 0.0977. The standard InChI is InChI=1S/C23H21N5O3S/c1-30-20-13-21(31-2)18(22-4-3-11-32-22)12-17(20)9-10-19(29)16-7-5-15(6-8-16)14-24-23-25-27-28-26-23/h3-13H,14H2,1-2H3,(H2,24,25,26,27,28)/b10-9+. The second-order valence-electron chi connectivity index (χ2n) is 6.77. The highest BCUT2D eigenvalue weighted by Crippen LogP contribution is 2.38. The Labute approximate surface area is 188 Å². The quantitative estimate of drug-likeness (QED) is 0.289. The zero-order chi connectivity index (χ0) is 22.3. The van der Waals surface area contributed by atoms with E-state index < -0.39 is 0 Å². The molecule has 2 heterocycles. The molecule has 0 unspecified atom stereocenters. The molecule has 0 saturated heterocycles. The largest absolute Gasteiger partial charge is 0.496 e. The predicted molar refractivity (Wildman–Crippen MR) is 124 cm³/mol. The monoisotopic (exact) mass is 447 g/mol. The summed E-state index contributed by atoms with van der Waals surface area (Å²) >= 11 is 1.62. The van der Waals surface area contributed by atoms with Gasteiger partial charge in [-0.2, -0.15) is 0 Å². The first-order valence-corrected chi connectivity index (χ1v) is 10.6. The molecular formula is C23H21N5O3S. The number of anilines is 1. The van der Waals surface area contributed by atoms with Crippen LogP contribution in [0.25, 0.3) is 16.5 Å². The van der Waals surface area contributed by atoms with Gasteiger partial charge in [0.05, 0.1) is 14.2 Å². The van der Waals surface area contributed by atoms with Crippen molar-refractivity contribution in [3.8, 4) is 21.9 Å². The van der Waals surface area contributed by atoms with Crippen molar-refractivity contribution in [1.29, 1.82) is 0 Å². The molecule has 162 valence electrons. The first-order valence-electron chi connectivity index (χ1n) is 9.77. The van der Waals surface area contributed by atoms with Gasteiger partial charge in [-0.3, -0.25) is 4.79 Å². The third-order valence-electron chi connectivity index (χ3n) is 4.80. The number of H-pyrrole nitrogens is 1. The van der Waals surface area contributed by atoms with Crippen molar-refractivity contribution in [1.82, 2.24) is 20.6 Å². The summed E-state index contributed by atoms with van der Waals surface area (Å²) in [6.45, 7) is 0.537. The van der Waals surface area contributed by atoms with Gasteiger partial charge >= 0.3 is 0 Å². The van der Waals surface area contributed by atoms with Gasteiger partial charge in [0.2, 0.25) is 5.95 Å². The van der Waals surface area contributed by atoms with E-state index in [1.807, 2.05) is 41.8 Å². The molecule has 9 heteroatoms. The van der Waals surface area contributed by atoms with Crippen LogP contribution >= 0.6 is 11.3 Å². The van der Waals surface area contributed by atoms with E-state index in [0.29, 0.717) is 23.8 Å². The fraction of sp³-hybridized carbons (Fsp3) is 0.130. The molecule has 0 aliphatic rings. The highest BCUT2D eigenvalue weighted by atomic mass is 32.1. The maximum absolute atomic E-state index is 12.7. The number of carbonyl (C=O) groups excluding carboxylic acids is 1. The van der Waals surface area contributed by atoms with Crippen LogP contribution < -0.4 is 14.8 Å². The number of hydrogen-bond donors (Lipinski definition) is 2. The first kappa shape index (κ1) is 21.3. The van der Waals surface area contributed by atoms with Gasteiger partial charge in [0.15, 0.2) is 5.78 Å². The van der Waals surface area contributed by atoms with Crippen LogP contribution in [0.1, 0.15) is 21.5 Å². The van der Waals surface area contributed by atoms with Crippen molar-refractivity contribution >= 4 is 29.1 Å². The number of allylic oxidation sites excluding steroid dienone is 1. The molecule has 0 spiro atoms. The average Bonchev–Trinajstić information content (AvgIpc) is 3.55. The van der Waals surface area contributed by atoms with E-state index in [-0.39, 0.29) is 5.78 Å². The number of aromatic nitrogens is 4. The van der Waals surface area contributed by atoms with Gasteiger partial charge in [-0.15, -0.1) is 11.3 Å². The van der Waals surface area contributed by atoms with Crippen LogP contribution in [-0.2, 0) is 6.54 Å². The summed E-state index contributed by atoms with van der Waals surface area (Å²) in [5, 5.41) is 18.5. The van der Waals surface area contributed by atoms with Crippen LogP contribution in [0.5, 0.6) is 11.5 Å².